The number of hydrogen-bond donors (Lipinski definition) is 2. The maximum absolute atomic E-state index is 12.4. The number of ether oxygens (including phenoxy) is 3. The Hall–Kier alpha value is -3.22. The minimum Gasteiger partial charge on any atom is -0.493 e. The predicted octanol–water partition coefficient (Wildman–Crippen LogP) is 3.00. The Balaban J connectivity index is 1.67. The van der Waals surface area contributed by atoms with E-state index in [1.54, 1.807) is 12.1 Å². The van der Waals surface area contributed by atoms with E-state index >= 15 is 0 Å². The Bertz CT molecular complexity index is 834. The molecule has 2 aromatic rings. The van der Waals surface area contributed by atoms with Gasteiger partial charge in [-0.25, -0.2) is 0 Å². The number of carbonyl (C=O) groups excluding carboxylic acids is 2. The summed E-state index contributed by atoms with van der Waals surface area (Å²) in [7, 11) is 2.97. The quantitative estimate of drug-likeness (QED) is 0.694. The molecule has 0 radical (unpaired) electrons. The molecular formula is C21H24N2O5. The number of methoxy groups -OCH3 is 2. The van der Waals surface area contributed by atoms with Crippen molar-refractivity contribution in [2.24, 2.45) is 0 Å². The molecule has 0 spiro atoms. The average Bonchev–Trinajstić information content (AvgIpc) is 3.52. The van der Waals surface area contributed by atoms with E-state index in [0.717, 1.165) is 12.8 Å². The topological polar surface area (TPSA) is 85.9 Å². The second-order valence-electron chi connectivity index (χ2n) is 6.47. The van der Waals surface area contributed by atoms with Crippen LogP contribution >= 0.6 is 0 Å². The summed E-state index contributed by atoms with van der Waals surface area (Å²) >= 11 is 0. The van der Waals surface area contributed by atoms with Crippen molar-refractivity contribution in [3.8, 4) is 17.2 Å². The second kappa shape index (κ2) is 9.12. The van der Waals surface area contributed by atoms with Gasteiger partial charge in [-0.2, -0.15) is 0 Å². The highest BCUT2D eigenvalue weighted by atomic mass is 16.5. The normalized spacial score (nSPS) is 12.8. The molecule has 3 rings (SSSR count). The average molecular weight is 384 g/mol. The lowest BCUT2D eigenvalue weighted by atomic mass is 10.1. The minimum absolute atomic E-state index is 0.152. The largest absolute Gasteiger partial charge is 0.493 e. The molecular weight excluding hydrogens is 360 g/mol. The van der Waals surface area contributed by atoms with Crippen LogP contribution in [0.1, 0.15) is 29.6 Å². The molecule has 0 heterocycles. The van der Waals surface area contributed by atoms with Crippen molar-refractivity contribution in [2.75, 3.05) is 26.1 Å². The molecule has 7 heteroatoms. The van der Waals surface area contributed by atoms with Crippen molar-refractivity contribution < 1.29 is 23.8 Å². The van der Waals surface area contributed by atoms with Gasteiger partial charge in [-0.05, 0) is 37.1 Å². The van der Waals surface area contributed by atoms with Gasteiger partial charge in [-0.3, -0.25) is 9.59 Å². The molecule has 2 N–H and O–H groups in total. The fourth-order valence-electron chi connectivity index (χ4n) is 2.68. The van der Waals surface area contributed by atoms with E-state index in [-0.39, 0.29) is 30.9 Å². The molecule has 0 atom stereocenters. The highest BCUT2D eigenvalue weighted by Crippen LogP contribution is 2.37. The fraction of sp³-hybridized carbons (Fsp3) is 0.333. The lowest BCUT2D eigenvalue weighted by Crippen LogP contribution is -2.25. The van der Waals surface area contributed by atoms with Crippen molar-refractivity contribution >= 4 is 17.5 Å². The number of para-hydroxylation sites is 1. The molecule has 0 bridgehead atoms. The number of carbonyl (C=O) groups is 2. The van der Waals surface area contributed by atoms with Gasteiger partial charge in [-0.1, -0.05) is 18.2 Å². The zero-order chi connectivity index (χ0) is 19.9. The molecule has 148 valence electrons. The van der Waals surface area contributed by atoms with Crippen LogP contribution in [0.15, 0.2) is 42.5 Å². The maximum atomic E-state index is 12.4. The van der Waals surface area contributed by atoms with Gasteiger partial charge in [0.05, 0.1) is 32.9 Å². The number of rotatable bonds is 9. The van der Waals surface area contributed by atoms with Crippen molar-refractivity contribution in [2.45, 2.75) is 25.3 Å². The van der Waals surface area contributed by atoms with Gasteiger partial charge in [-0.15, -0.1) is 0 Å². The van der Waals surface area contributed by atoms with E-state index in [2.05, 4.69) is 10.6 Å². The lowest BCUT2D eigenvalue weighted by molar-refractivity contribution is -0.116. The van der Waals surface area contributed by atoms with E-state index in [9.17, 15) is 9.59 Å². The number of nitrogens with one attached hydrogen (secondary N) is 2. The first-order chi connectivity index (χ1) is 13.6. The Kier molecular flexibility index (Phi) is 6.37. The molecule has 0 aromatic heterocycles. The molecule has 0 unspecified atom stereocenters. The van der Waals surface area contributed by atoms with Crippen LogP contribution in [-0.2, 0) is 4.79 Å². The predicted molar refractivity (Wildman–Crippen MR) is 105 cm³/mol. The molecule has 1 aliphatic carbocycles. The van der Waals surface area contributed by atoms with Crippen LogP contribution in [0.3, 0.4) is 0 Å². The van der Waals surface area contributed by atoms with Crippen molar-refractivity contribution in [1.29, 1.82) is 0 Å². The summed E-state index contributed by atoms with van der Waals surface area (Å²) in [5.41, 5.74) is 0.785. The monoisotopic (exact) mass is 384 g/mol. The van der Waals surface area contributed by atoms with Crippen molar-refractivity contribution in [3.63, 3.8) is 0 Å². The highest BCUT2D eigenvalue weighted by Gasteiger charge is 2.25. The van der Waals surface area contributed by atoms with E-state index in [1.807, 2.05) is 30.3 Å². The molecule has 1 fully saturated rings. The van der Waals surface area contributed by atoms with Gasteiger partial charge in [0.1, 0.15) is 5.75 Å². The Morgan fingerprint density at radius 1 is 1.07 bits per heavy atom. The van der Waals surface area contributed by atoms with Gasteiger partial charge in [0.15, 0.2) is 11.5 Å². The van der Waals surface area contributed by atoms with E-state index in [1.165, 1.54) is 14.2 Å². The van der Waals surface area contributed by atoms with Crippen LogP contribution in [0.2, 0.25) is 0 Å². The van der Waals surface area contributed by atoms with Gasteiger partial charge in [0.25, 0.3) is 5.91 Å². The van der Waals surface area contributed by atoms with Crippen molar-refractivity contribution in [1.82, 2.24) is 5.32 Å². The molecule has 0 saturated heterocycles. The maximum Gasteiger partial charge on any atom is 0.251 e. The van der Waals surface area contributed by atoms with Crippen LogP contribution < -0.4 is 24.8 Å². The fourth-order valence-corrected chi connectivity index (χ4v) is 2.68. The number of amides is 2. The van der Waals surface area contributed by atoms with Crippen LogP contribution in [0, 0.1) is 0 Å². The first kappa shape index (κ1) is 19.5. The molecule has 1 aliphatic rings. The summed E-state index contributed by atoms with van der Waals surface area (Å²) in [5.74, 6) is 0.986. The van der Waals surface area contributed by atoms with Crippen LogP contribution in [0.25, 0.3) is 0 Å². The van der Waals surface area contributed by atoms with Gasteiger partial charge in [0, 0.05) is 11.6 Å². The van der Waals surface area contributed by atoms with Gasteiger partial charge < -0.3 is 24.8 Å². The van der Waals surface area contributed by atoms with Crippen LogP contribution in [0.5, 0.6) is 17.2 Å². The van der Waals surface area contributed by atoms with Crippen LogP contribution in [-0.4, -0.2) is 38.7 Å². The summed E-state index contributed by atoms with van der Waals surface area (Å²) < 4.78 is 16.2. The smallest absolute Gasteiger partial charge is 0.251 e. The van der Waals surface area contributed by atoms with Gasteiger partial charge >= 0.3 is 0 Å². The van der Waals surface area contributed by atoms with E-state index in [4.69, 9.17) is 14.2 Å². The Morgan fingerprint density at radius 3 is 2.46 bits per heavy atom. The highest BCUT2D eigenvalue weighted by molar-refractivity contribution is 5.99. The summed E-state index contributed by atoms with van der Waals surface area (Å²) in [6.45, 7) is 0.233. The molecule has 2 amide bonds. The molecule has 0 aliphatic heterocycles. The molecule has 28 heavy (non-hydrogen) atoms. The zero-order valence-electron chi connectivity index (χ0n) is 16.0. The van der Waals surface area contributed by atoms with Crippen LogP contribution in [0.4, 0.5) is 5.69 Å². The molecule has 7 nitrogen and oxygen atoms in total. The summed E-state index contributed by atoms with van der Waals surface area (Å²) in [5, 5.41) is 5.71. The standard InChI is InChI=1S/C21H24N2O5/c1-26-18-13-14(21(25)22-15-8-9-15)12-17(20(18)27-2)23-19(24)10-11-28-16-6-4-3-5-7-16/h3-7,12-13,15H,8-11H2,1-2H3,(H,22,25)(H,23,24). The Morgan fingerprint density at radius 2 is 1.82 bits per heavy atom. The lowest BCUT2D eigenvalue weighted by Gasteiger charge is -2.16. The third-order valence-electron chi connectivity index (χ3n) is 4.27. The summed E-state index contributed by atoms with van der Waals surface area (Å²) in [4.78, 5) is 24.7. The number of anilines is 1. The van der Waals surface area contributed by atoms with Gasteiger partial charge in [0.2, 0.25) is 5.91 Å². The van der Waals surface area contributed by atoms with Crippen molar-refractivity contribution in [3.05, 3.63) is 48.0 Å². The number of hydrogen-bond acceptors (Lipinski definition) is 5. The first-order valence-corrected chi connectivity index (χ1v) is 9.15. The first-order valence-electron chi connectivity index (χ1n) is 9.15. The zero-order valence-corrected chi connectivity index (χ0v) is 16.0. The summed E-state index contributed by atoms with van der Waals surface area (Å²) in [6.07, 6.45) is 2.13. The molecule has 2 aromatic carbocycles. The third-order valence-corrected chi connectivity index (χ3v) is 4.27. The molecule has 1 saturated carbocycles. The Labute approximate surface area is 164 Å². The van der Waals surface area contributed by atoms with E-state index < -0.39 is 0 Å². The minimum atomic E-state index is -0.254. The van der Waals surface area contributed by atoms with E-state index in [0.29, 0.717) is 28.5 Å². The second-order valence-corrected chi connectivity index (χ2v) is 6.47. The summed E-state index contributed by atoms with van der Waals surface area (Å²) in [6, 6.07) is 12.7. The third kappa shape index (κ3) is 5.16. The SMILES string of the molecule is COc1cc(C(=O)NC2CC2)cc(NC(=O)CCOc2ccccc2)c1OC. The number of benzene rings is 2.